The summed E-state index contributed by atoms with van der Waals surface area (Å²) in [7, 11) is 1.52. The minimum absolute atomic E-state index is 0.0343. The number of nitrogens with one attached hydrogen (secondary N) is 2. The Morgan fingerprint density at radius 2 is 1.94 bits per heavy atom. The van der Waals surface area contributed by atoms with Crippen molar-refractivity contribution < 1.29 is 28.3 Å². The van der Waals surface area contributed by atoms with E-state index in [1.807, 2.05) is 0 Å². The maximum atomic E-state index is 12.4. The zero-order valence-electron chi connectivity index (χ0n) is 19.2. The molecule has 0 bridgehead atoms. The van der Waals surface area contributed by atoms with E-state index < -0.39 is 30.1 Å². The van der Waals surface area contributed by atoms with Gasteiger partial charge < -0.3 is 19.2 Å². The van der Waals surface area contributed by atoms with E-state index in [-0.39, 0.29) is 18.9 Å². The van der Waals surface area contributed by atoms with E-state index in [2.05, 4.69) is 17.6 Å². The van der Waals surface area contributed by atoms with Gasteiger partial charge in [0.1, 0.15) is 11.3 Å². The number of hydrogen-bond acceptors (Lipinski definition) is 7. The molecule has 0 saturated heterocycles. The third-order valence-corrected chi connectivity index (χ3v) is 6.12. The molecular formula is C24H30N2O7. The summed E-state index contributed by atoms with van der Waals surface area (Å²) >= 11 is 0. The number of methoxy groups -OCH3 is 1. The minimum atomic E-state index is -0.709. The number of imide groups is 1. The van der Waals surface area contributed by atoms with E-state index in [1.165, 1.54) is 7.11 Å². The first-order valence-corrected chi connectivity index (χ1v) is 11.1. The van der Waals surface area contributed by atoms with Crippen molar-refractivity contribution >= 4 is 28.9 Å². The van der Waals surface area contributed by atoms with Crippen LogP contribution in [-0.2, 0) is 20.7 Å². The van der Waals surface area contributed by atoms with Crippen LogP contribution in [-0.4, -0.2) is 37.7 Å². The van der Waals surface area contributed by atoms with Crippen LogP contribution in [0.25, 0.3) is 11.0 Å². The third-order valence-electron chi connectivity index (χ3n) is 6.12. The molecule has 1 aromatic carbocycles. The lowest BCUT2D eigenvalue weighted by Gasteiger charge is -2.29. The lowest BCUT2D eigenvalue weighted by atomic mass is 9.86. The number of amides is 3. The fourth-order valence-electron chi connectivity index (χ4n) is 4.13. The Bertz CT molecular complexity index is 1090. The highest BCUT2D eigenvalue weighted by atomic mass is 16.5. The Morgan fingerprint density at radius 1 is 1.18 bits per heavy atom. The van der Waals surface area contributed by atoms with Gasteiger partial charge in [-0.25, -0.2) is 9.59 Å². The number of esters is 1. The Morgan fingerprint density at radius 3 is 2.67 bits per heavy atom. The third kappa shape index (κ3) is 6.34. The highest BCUT2D eigenvalue weighted by Gasteiger charge is 2.23. The highest BCUT2D eigenvalue weighted by Crippen LogP contribution is 2.25. The van der Waals surface area contributed by atoms with Crippen molar-refractivity contribution in [2.24, 2.45) is 5.92 Å². The van der Waals surface area contributed by atoms with Crippen LogP contribution in [0.5, 0.6) is 5.75 Å². The molecule has 2 unspecified atom stereocenters. The van der Waals surface area contributed by atoms with E-state index in [0.717, 1.165) is 31.1 Å². The zero-order valence-corrected chi connectivity index (χ0v) is 19.2. The van der Waals surface area contributed by atoms with Crippen molar-refractivity contribution in [2.75, 3.05) is 13.7 Å². The largest absolute Gasteiger partial charge is 0.497 e. The predicted octanol–water partition coefficient (Wildman–Crippen LogP) is 2.99. The second-order valence-electron chi connectivity index (χ2n) is 8.41. The molecule has 1 saturated carbocycles. The maximum absolute atomic E-state index is 12.4. The Labute approximate surface area is 191 Å². The summed E-state index contributed by atoms with van der Waals surface area (Å²) in [6, 6.07) is 4.63. The summed E-state index contributed by atoms with van der Waals surface area (Å²) in [5.74, 6) is -0.433. The summed E-state index contributed by atoms with van der Waals surface area (Å²) in [4.78, 5) is 48.4. The van der Waals surface area contributed by atoms with E-state index in [0.29, 0.717) is 28.4 Å². The van der Waals surface area contributed by atoms with Crippen LogP contribution in [0.3, 0.4) is 0 Å². The molecule has 178 valence electrons. The van der Waals surface area contributed by atoms with Crippen molar-refractivity contribution in [2.45, 2.75) is 58.4 Å². The van der Waals surface area contributed by atoms with Gasteiger partial charge in [-0.1, -0.05) is 19.8 Å². The fourth-order valence-corrected chi connectivity index (χ4v) is 4.13. The summed E-state index contributed by atoms with van der Waals surface area (Å²) in [6.07, 6.45) is 4.12. The predicted molar refractivity (Wildman–Crippen MR) is 121 cm³/mol. The van der Waals surface area contributed by atoms with Gasteiger partial charge in [-0.3, -0.25) is 14.9 Å². The first-order valence-electron chi connectivity index (χ1n) is 11.1. The standard InChI is InChI=1S/C24H30N2O7/c1-14-6-4-5-7-19(14)25-24(30)26-21(27)13-32-22(28)11-10-18-15(2)17-9-8-16(31-3)12-20(17)33-23(18)29/h8-9,12,14,19H,4-7,10-11,13H2,1-3H3,(H2,25,26,27,30). The molecule has 3 amide bonds. The van der Waals surface area contributed by atoms with Gasteiger partial charge in [-0.2, -0.15) is 0 Å². The van der Waals surface area contributed by atoms with Crippen molar-refractivity contribution in [3.05, 3.63) is 39.7 Å². The van der Waals surface area contributed by atoms with Crippen LogP contribution in [0, 0.1) is 12.8 Å². The summed E-state index contributed by atoms with van der Waals surface area (Å²) in [6.45, 7) is 3.28. The number of hydrogen-bond donors (Lipinski definition) is 2. The number of urea groups is 1. The summed E-state index contributed by atoms with van der Waals surface area (Å²) < 4.78 is 15.5. The van der Waals surface area contributed by atoms with Gasteiger partial charge in [0.15, 0.2) is 6.61 Å². The molecule has 33 heavy (non-hydrogen) atoms. The maximum Gasteiger partial charge on any atom is 0.339 e. The van der Waals surface area contributed by atoms with Gasteiger partial charge in [0, 0.05) is 29.5 Å². The molecule has 0 aliphatic heterocycles. The van der Waals surface area contributed by atoms with Crippen molar-refractivity contribution in [1.29, 1.82) is 0 Å². The number of carbonyl (C=O) groups excluding carboxylic acids is 3. The topological polar surface area (TPSA) is 124 Å². The first-order chi connectivity index (χ1) is 15.8. The first kappa shape index (κ1) is 24.3. The average molecular weight is 459 g/mol. The monoisotopic (exact) mass is 458 g/mol. The second kappa shape index (κ2) is 11.0. The van der Waals surface area contributed by atoms with Crippen molar-refractivity contribution in [3.8, 4) is 5.75 Å². The molecule has 9 nitrogen and oxygen atoms in total. The van der Waals surface area contributed by atoms with Crippen molar-refractivity contribution in [3.63, 3.8) is 0 Å². The Balaban J connectivity index is 1.48. The molecule has 2 aromatic rings. The Kier molecular flexibility index (Phi) is 8.08. The van der Waals surface area contributed by atoms with Crippen LogP contribution in [0.4, 0.5) is 4.79 Å². The van der Waals surface area contributed by atoms with Gasteiger partial charge in [0.05, 0.1) is 7.11 Å². The molecule has 1 aliphatic carbocycles. The second-order valence-corrected chi connectivity index (χ2v) is 8.41. The number of fused-ring (bicyclic) bond motifs is 1. The normalized spacial score (nSPS) is 17.9. The number of aryl methyl sites for hydroxylation is 1. The molecule has 2 N–H and O–H groups in total. The summed E-state index contributed by atoms with van der Waals surface area (Å²) in [5, 5.41) is 5.73. The van der Waals surface area contributed by atoms with Crippen LogP contribution < -0.4 is 21.0 Å². The van der Waals surface area contributed by atoms with Gasteiger partial charge in [-0.05, 0) is 49.8 Å². The van der Waals surface area contributed by atoms with E-state index in [1.54, 1.807) is 25.1 Å². The van der Waals surface area contributed by atoms with Gasteiger partial charge >= 0.3 is 17.6 Å². The van der Waals surface area contributed by atoms with Crippen LogP contribution in [0.1, 0.15) is 50.2 Å². The smallest absolute Gasteiger partial charge is 0.339 e. The molecule has 1 aromatic heterocycles. The number of benzene rings is 1. The number of rotatable bonds is 7. The van der Waals surface area contributed by atoms with Gasteiger partial charge in [-0.15, -0.1) is 0 Å². The number of carbonyl (C=O) groups is 3. The quantitative estimate of drug-likeness (QED) is 0.483. The van der Waals surface area contributed by atoms with E-state index >= 15 is 0 Å². The number of ether oxygens (including phenoxy) is 2. The zero-order chi connectivity index (χ0) is 24.0. The van der Waals surface area contributed by atoms with Crippen LogP contribution >= 0.6 is 0 Å². The SMILES string of the molecule is COc1ccc2c(C)c(CCC(=O)OCC(=O)NC(=O)NC3CCCCC3C)c(=O)oc2c1. The van der Waals surface area contributed by atoms with E-state index in [9.17, 15) is 19.2 Å². The van der Waals surface area contributed by atoms with E-state index in [4.69, 9.17) is 13.9 Å². The minimum Gasteiger partial charge on any atom is -0.497 e. The van der Waals surface area contributed by atoms with Crippen LogP contribution in [0.15, 0.2) is 27.4 Å². The molecule has 3 rings (SSSR count). The fraction of sp³-hybridized carbons (Fsp3) is 0.500. The molecule has 1 fully saturated rings. The molecule has 1 aliphatic rings. The molecular weight excluding hydrogens is 428 g/mol. The van der Waals surface area contributed by atoms with Gasteiger partial charge in [0.2, 0.25) is 0 Å². The van der Waals surface area contributed by atoms with Crippen molar-refractivity contribution in [1.82, 2.24) is 10.6 Å². The summed E-state index contributed by atoms with van der Waals surface area (Å²) in [5.41, 5.74) is 0.950. The highest BCUT2D eigenvalue weighted by molar-refractivity contribution is 5.95. The lowest BCUT2D eigenvalue weighted by molar-refractivity contribution is -0.148. The molecule has 9 heteroatoms. The average Bonchev–Trinajstić information content (AvgIpc) is 2.78. The lowest BCUT2D eigenvalue weighted by Crippen LogP contribution is -2.48. The van der Waals surface area contributed by atoms with Crippen LogP contribution in [0.2, 0.25) is 0 Å². The molecule has 1 heterocycles. The molecule has 2 atom stereocenters. The Hall–Kier alpha value is -3.36. The molecule has 0 radical (unpaired) electrons. The van der Waals surface area contributed by atoms with Gasteiger partial charge in [0.25, 0.3) is 5.91 Å². The molecule has 0 spiro atoms.